The predicted octanol–water partition coefficient (Wildman–Crippen LogP) is 0.606. The Hall–Kier alpha value is -2.31. The summed E-state index contributed by atoms with van der Waals surface area (Å²) >= 11 is 0. The van der Waals surface area contributed by atoms with E-state index < -0.39 is 11.8 Å². The van der Waals surface area contributed by atoms with Crippen molar-refractivity contribution in [2.75, 3.05) is 31.7 Å². The molecule has 0 bridgehead atoms. The lowest BCUT2D eigenvalue weighted by atomic mass is 10.1. The van der Waals surface area contributed by atoms with Crippen LogP contribution in [0.1, 0.15) is 10.4 Å². The van der Waals surface area contributed by atoms with Crippen LogP contribution >= 0.6 is 0 Å². The molecule has 0 aliphatic carbocycles. The topological polar surface area (TPSA) is 95.7 Å². The van der Waals surface area contributed by atoms with Crippen molar-refractivity contribution in [3.63, 3.8) is 0 Å². The highest BCUT2D eigenvalue weighted by atomic mass is 19.1. The van der Waals surface area contributed by atoms with Gasteiger partial charge in [0, 0.05) is 19.8 Å². The first kappa shape index (κ1) is 13.8. The Morgan fingerprint density at radius 1 is 1.44 bits per heavy atom. The van der Waals surface area contributed by atoms with E-state index in [9.17, 15) is 14.0 Å². The van der Waals surface area contributed by atoms with E-state index >= 15 is 0 Å². The summed E-state index contributed by atoms with van der Waals surface area (Å²) in [5.74, 6) is -2.22. The fraction of sp³-hybridized carbons (Fsp3) is 0.273. The first-order valence-corrected chi connectivity index (χ1v) is 5.09. The normalized spacial score (nSPS) is 9.94. The maximum absolute atomic E-state index is 13.5. The zero-order chi connectivity index (χ0) is 13.9. The molecule has 0 fully saturated rings. The number of hydrogen-bond acceptors (Lipinski definition) is 4. The standard InChI is InChI=1S/C11H14FN3O3/c1-15(2)10(16)5-14-9-3-6(11(17)18)8(13)4-7(9)12/h3-4,14H,5,13H2,1-2H3,(H,17,18). The molecule has 98 valence electrons. The molecule has 0 atom stereocenters. The molecule has 1 amide bonds. The van der Waals surface area contributed by atoms with Gasteiger partial charge in [-0.2, -0.15) is 0 Å². The van der Waals surface area contributed by atoms with Crippen LogP contribution in [0.25, 0.3) is 0 Å². The van der Waals surface area contributed by atoms with Gasteiger partial charge in [0.25, 0.3) is 0 Å². The van der Waals surface area contributed by atoms with E-state index in [2.05, 4.69) is 5.32 Å². The third kappa shape index (κ3) is 3.09. The zero-order valence-electron chi connectivity index (χ0n) is 10.0. The number of nitrogens with two attached hydrogens (primary N) is 1. The molecule has 1 aromatic carbocycles. The first-order chi connectivity index (χ1) is 8.32. The first-order valence-electron chi connectivity index (χ1n) is 5.09. The number of nitrogen functional groups attached to an aromatic ring is 1. The maximum Gasteiger partial charge on any atom is 0.337 e. The number of halogens is 1. The number of aromatic carboxylic acids is 1. The summed E-state index contributed by atoms with van der Waals surface area (Å²) in [6.07, 6.45) is 0. The number of nitrogens with one attached hydrogen (secondary N) is 1. The summed E-state index contributed by atoms with van der Waals surface area (Å²) in [5, 5.41) is 11.4. The summed E-state index contributed by atoms with van der Waals surface area (Å²) in [6, 6.07) is 1.97. The van der Waals surface area contributed by atoms with Gasteiger partial charge in [0.05, 0.1) is 17.8 Å². The second-order valence-electron chi connectivity index (χ2n) is 3.87. The van der Waals surface area contributed by atoms with Crippen LogP contribution in [-0.4, -0.2) is 42.5 Å². The molecule has 18 heavy (non-hydrogen) atoms. The molecule has 0 heterocycles. The Kier molecular flexibility index (Phi) is 4.09. The quantitative estimate of drug-likeness (QED) is 0.685. The molecule has 6 nitrogen and oxygen atoms in total. The minimum absolute atomic E-state index is 0.0724. The van der Waals surface area contributed by atoms with Gasteiger partial charge in [-0.1, -0.05) is 0 Å². The van der Waals surface area contributed by atoms with E-state index in [0.29, 0.717) is 0 Å². The van der Waals surface area contributed by atoms with Crippen molar-refractivity contribution in [1.29, 1.82) is 0 Å². The average molecular weight is 255 g/mol. The number of anilines is 2. The highest BCUT2D eigenvalue weighted by molar-refractivity contribution is 5.95. The van der Waals surface area contributed by atoms with Crippen molar-refractivity contribution in [2.24, 2.45) is 0 Å². The molecule has 4 N–H and O–H groups in total. The van der Waals surface area contributed by atoms with Crippen molar-refractivity contribution in [3.8, 4) is 0 Å². The summed E-state index contributed by atoms with van der Waals surface area (Å²) in [4.78, 5) is 23.5. The van der Waals surface area contributed by atoms with Gasteiger partial charge >= 0.3 is 5.97 Å². The van der Waals surface area contributed by atoms with Gasteiger partial charge in [-0.05, 0) is 12.1 Å². The van der Waals surface area contributed by atoms with Crippen LogP contribution in [0.5, 0.6) is 0 Å². The average Bonchev–Trinajstić information content (AvgIpc) is 2.26. The van der Waals surface area contributed by atoms with E-state index in [4.69, 9.17) is 10.8 Å². The summed E-state index contributed by atoms with van der Waals surface area (Å²) in [5.41, 5.74) is 4.92. The number of carboxylic acids is 1. The van der Waals surface area contributed by atoms with Crippen LogP contribution in [0.3, 0.4) is 0 Å². The molecular weight excluding hydrogens is 241 g/mol. The van der Waals surface area contributed by atoms with E-state index in [-0.39, 0.29) is 29.4 Å². The van der Waals surface area contributed by atoms with Crippen molar-refractivity contribution in [2.45, 2.75) is 0 Å². The Balaban J connectivity index is 2.92. The molecule has 0 aliphatic rings. The molecule has 0 unspecified atom stereocenters. The number of rotatable bonds is 4. The lowest BCUT2D eigenvalue weighted by Gasteiger charge is -2.13. The van der Waals surface area contributed by atoms with Crippen LogP contribution < -0.4 is 11.1 Å². The molecule has 0 radical (unpaired) electrons. The smallest absolute Gasteiger partial charge is 0.337 e. The minimum Gasteiger partial charge on any atom is -0.478 e. The van der Waals surface area contributed by atoms with Gasteiger partial charge in [-0.15, -0.1) is 0 Å². The Morgan fingerprint density at radius 2 is 2.06 bits per heavy atom. The number of carbonyl (C=O) groups excluding carboxylic acids is 1. The molecule has 0 saturated carbocycles. The summed E-state index contributed by atoms with van der Waals surface area (Å²) < 4.78 is 13.5. The number of likely N-dealkylation sites (N-methyl/N-ethyl adjacent to an activating group) is 1. The van der Waals surface area contributed by atoms with Gasteiger partial charge in [-0.25, -0.2) is 9.18 Å². The molecule has 0 saturated heterocycles. The number of hydrogen-bond donors (Lipinski definition) is 3. The van der Waals surface area contributed by atoms with Gasteiger partial charge in [0.15, 0.2) is 0 Å². The SMILES string of the molecule is CN(C)C(=O)CNc1cc(C(=O)O)c(N)cc1F. The van der Waals surface area contributed by atoms with Crippen LogP contribution in [0.4, 0.5) is 15.8 Å². The summed E-state index contributed by atoms with van der Waals surface area (Å²) in [6.45, 7) is -0.132. The lowest BCUT2D eigenvalue weighted by Crippen LogP contribution is -2.28. The molecule has 1 aromatic rings. The van der Waals surface area contributed by atoms with Gasteiger partial charge in [0.1, 0.15) is 5.82 Å². The zero-order valence-corrected chi connectivity index (χ0v) is 10.0. The van der Waals surface area contributed by atoms with E-state index in [1.54, 1.807) is 14.1 Å². The number of amides is 1. The molecule has 1 rings (SSSR count). The van der Waals surface area contributed by atoms with Crippen molar-refractivity contribution in [1.82, 2.24) is 4.90 Å². The molecular formula is C11H14FN3O3. The third-order valence-electron chi connectivity index (χ3n) is 2.30. The fourth-order valence-electron chi connectivity index (χ4n) is 1.24. The van der Waals surface area contributed by atoms with Crippen molar-refractivity contribution >= 4 is 23.3 Å². The second kappa shape index (κ2) is 5.35. The molecule has 0 aromatic heterocycles. The largest absolute Gasteiger partial charge is 0.478 e. The highest BCUT2D eigenvalue weighted by Crippen LogP contribution is 2.22. The minimum atomic E-state index is -1.26. The Labute approximate surface area is 103 Å². The van der Waals surface area contributed by atoms with Crippen LogP contribution in [0, 0.1) is 5.82 Å². The number of benzene rings is 1. The monoisotopic (exact) mass is 255 g/mol. The van der Waals surface area contributed by atoms with E-state index in [0.717, 1.165) is 12.1 Å². The van der Waals surface area contributed by atoms with Crippen LogP contribution in [0.15, 0.2) is 12.1 Å². The number of carboxylic acid groups (broad SMARTS) is 1. The van der Waals surface area contributed by atoms with Gasteiger partial charge in [0.2, 0.25) is 5.91 Å². The predicted molar refractivity (Wildman–Crippen MR) is 65.0 cm³/mol. The van der Waals surface area contributed by atoms with Crippen molar-refractivity contribution < 1.29 is 19.1 Å². The van der Waals surface area contributed by atoms with E-state index in [1.807, 2.05) is 0 Å². The molecule has 0 aliphatic heterocycles. The Bertz CT molecular complexity index is 489. The van der Waals surface area contributed by atoms with Crippen molar-refractivity contribution in [3.05, 3.63) is 23.5 Å². The third-order valence-corrected chi connectivity index (χ3v) is 2.30. The highest BCUT2D eigenvalue weighted by Gasteiger charge is 2.14. The summed E-state index contributed by atoms with van der Waals surface area (Å²) in [7, 11) is 3.12. The molecule has 0 spiro atoms. The van der Waals surface area contributed by atoms with E-state index in [1.165, 1.54) is 4.90 Å². The fourth-order valence-corrected chi connectivity index (χ4v) is 1.24. The van der Waals surface area contributed by atoms with Gasteiger partial charge in [-0.3, -0.25) is 4.79 Å². The molecule has 7 heteroatoms. The number of nitrogens with zero attached hydrogens (tertiary/aromatic N) is 1. The Morgan fingerprint density at radius 3 is 2.56 bits per heavy atom. The second-order valence-corrected chi connectivity index (χ2v) is 3.87. The van der Waals surface area contributed by atoms with Crippen LogP contribution in [-0.2, 0) is 4.79 Å². The lowest BCUT2D eigenvalue weighted by molar-refractivity contribution is -0.126. The maximum atomic E-state index is 13.5. The number of carbonyl (C=O) groups is 2. The van der Waals surface area contributed by atoms with Gasteiger partial charge < -0.3 is 21.1 Å². The van der Waals surface area contributed by atoms with Crippen LogP contribution in [0.2, 0.25) is 0 Å².